The Morgan fingerprint density at radius 2 is 2.07 bits per heavy atom. The van der Waals surface area contributed by atoms with Crippen molar-refractivity contribution < 1.29 is 28.2 Å². The average Bonchev–Trinajstić information content (AvgIpc) is 3.34. The zero-order chi connectivity index (χ0) is 21.1. The monoisotopic (exact) mass is 419 g/mol. The first-order valence-electron chi connectivity index (χ1n) is 10.4. The van der Waals surface area contributed by atoms with E-state index in [4.69, 9.17) is 14.2 Å². The van der Waals surface area contributed by atoms with Crippen molar-refractivity contribution in [2.45, 2.75) is 32.2 Å². The van der Waals surface area contributed by atoms with Gasteiger partial charge in [0.15, 0.2) is 5.79 Å². The van der Waals surface area contributed by atoms with Gasteiger partial charge >= 0.3 is 6.09 Å². The number of cyclic esters (lactones) is 1. The highest BCUT2D eigenvalue weighted by Gasteiger charge is 2.70. The number of benzene rings is 1. The van der Waals surface area contributed by atoms with Gasteiger partial charge in [0.25, 0.3) is 0 Å². The second kappa shape index (κ2) is 6.81. The van der Waals surface area contributed by atoms with Gasteiger partial charge < -0.3 is 24.4 Å². The molecule has 4 aliphatic heterocycles. The number of piperidine rings is 2. The molecule has 8 nitrogen and oxygen atoms in total. The Kier molecular flexibility index (Phi) is 4.44. The first-order valence-corrected chi connectivity index (χ1v) is 10.4. The molecule has 1 spiro atoms. The Bertz CT molecular complexity index is 889. The number of carbonyl (C=O) groups is 2. The zero-order valence-electron chi connectivity index (χ0n) is 17.2. The molecule has 4 heterocycles. The van der Waals surface area contributed by atoms with E-state index in [1.807, 2.05) is 4.90 Å². The van der Waals surface area contributed by atoms with E-state index < -0.39 is 18.0 Å². The van der Waals surface area contributed by atoms with Crippen molar-refractivity contribution >= 4 is 23.4 Å². The predicted molar refractivity (Wildman–Crippen MR) is 106 cm³/mol. The molecule has 1 aromatic rings. The van der Waals surface area contributed by atoms with Gasteiger partial charge in [0.1, 0.15) is 11.9 Å². The second-order valence-electron chi connectivity index (χ2n) is 8.90. The molecule has 9 heteroatoms. The standard InChI is InChI=1S/C21H26FN3O5/c1-13(26)23-9-16-11-25(19(27)30-16)15-3-4-18(17(22)7-15)24-10-14-8-20(2,12-24)21(14)28-5-6-29-21/h3-4,7,14,16H,5-6,8-12H2,1-2H3,(H,23,26)/t14?,16-,20?/m0/s1. The number of ether oxygens (including phenoxy) is 3. The van der Waals surface area contributed by atoms with Gasteiger partial charge in [-0.2, -0.15) is 0 Å². The largest absolute Gasteiger partial charge is 0.442 e. The summed E-state index contributed by atoms with van der Waals surface area (Å²) in [7, 11) is 0. The molecular formula is C21H26FN3O5. The van der Waals surface area contributed by atoms with Crippen LogP contribution in [0.3, 0.4) is 0 Å². The molecule has 30 heavy (non-hydrogen) atoms. The number of carbonyl (C=O) groups excluding carboxylic acids is 2. The summed E-state index contributed by atoms with van der Waals surface area (Å²) in [6.07, 6.45) is 0.0148. The summed E-state index contributed by atoms with van der Waals surface area (Å²) in [5.41, 5.74) is 0.802. The highest BCUT2D eigenvalue weighted by Crippen LogP contribution is 2.62. The fourth-order valence-corrected chi connectivity index (χ4v) is 5.51. The summed E-state index contributed by atoms with van der Waals surface area (Å²) in [6.45, 7) is 6.61. The molecule has 1 N–H and O–H groups in total. The lowest BCUT2D eigenvalue weighted by Crippen LogP contribution is -2.73. The van der Waals surface area contributed by atoms with Gasteiger partial charge in [0.05, 0.1) is 37.7 Å². The van der Waals surface area contributed by atoms with Crippen LogP contribution in [0.25, 0.3) is 0 Å². The van der Waals surface area contributed by atoms with E-state index >= 15 is 4.39 Å². The maximum absolute atomic E-state index is 15.1. The van der Waals surface area contributed by atoms with Gasteiger partial charge in [-0.1, -0.05) is 6.92 Å². The summed E-state index contributed by atoms with van der Waals surface area (Å²) >= 11 is 0. The lowest BCUT2D eigenvalue weighted by atomic mass is 9.54. The fourth-order valence-electron chi connectivity index (χ4n) is 5.51. The van der Waals surface area contributed by atoms with Crippen LogP contribution in [-0.4, -0.2) is 63.3 Å². The Balaban J connectivity index is 1.29. The van der Waals surface area contributed by atoms with Gasteiger partial charge in [0, 0.05) is 31.3 Å². The summed E-state index contributed by atoms with van der Waals surface area (Å²) in [5.74, 6) is -0.857. The van der Waals surface area contributed by atoms with Crippen molar-refractivity contribution in [1.29, 1.82) is 0 Å². The van der Waals surface area contributed by atoms with Crippen LogP contribution in [0.4, 0.5) is 20.6 Å². The summed E-state index contributed by atoms with van der Waals surface area (Å²) < 4.78 is 32.3. The number of nitrogens with one attached hydrogen (secondary N) is 1. The number of rotatable bonds is 4. The SMILES string of the molecule is CC(=O)NC[C@H]1CN(c2ccc(N3CC4CC(C)(C3)C43OCCO3)c(F)c2)C(=O)O1. The van der Waals surface area contributed by atoms with Crippen molar-refractivity contribution in [3.63, 3.8) is 0 Å². The molecule has 1 saturated carbocycles. The quantitative estimate of drug-likeness (QED) is 0.803. The molecule has 0 radical (unpaired) electrons. The lowest BCUT2D eigenvalue weighted by molar-refractivity contribution is -0.336. The molecule has 2 amide bonds. The maximum Gasteiger partial charge on any atom is 0.414 e. The molecule has 5 fully saturated rings. The second-order valence-corrected chi connectivity index (χ2v) is 8.90. The van der Waals surface area contributed by atoms with E-state index in [1.54, 1.807) is 12.1 Å². The molecule has 162 valence electrons. The third kappa shape index (κ3) is 2.86. The van der Waals surface area contributed by atoms with E-state index in [0.29, 0.717) is 37.7 Å². The van der Waals surface area contributed by atoms with Crippen LogP contribution >= 0.6 is 0 Å². The molecule has 2 bridgehead atoms. The maximum atomic E-state index is 15.1. The average molecular weight is 419 g/mol. The van der Waals surface area contributed by atoms with Gasteiger partial charge in [-0.05, 0) is 24.6 Å². The molecule has 1 aromatic carbocycles. The van der Waals surface area contributed by atoms with E-state index in [2.05, 4.69) is 12.2 Å². The van der Waals surface area contributed by atoms with Crippen molar-refractivity contribution in [3.8, 4) is 0 Å². The highest BCUT2D eigenvalue weighted by atomic mass is 19.1. The van der Waals surface area contributed by atoms with E-state index in [0.717, 1.165) is 6.42 Å². The summed E-state index contributed by atoms with van der Waals surface area (Å²) in [6, 6.07) is 4.83. The Morgan fingerprint density at radius 3 is 2.73 bits per heavy atom. The number of hydrogen-bond donors (Lipinski definition) is 1. The zero-order valence-corrected chi connectivity index (χ0v) is 17.2. The molecule has 4 saturated heterocycles. The number of hydrogen-bond acceptors (Lipinski definition) is 6. The number of halogens is 1. The number of anilines is 2. The van der Waals surface area contributed by atoms with Crippen LogP contribution in [0.5, 0.6) is 0 Å². The number of amides is 2. The highest BCUT2D eigenvalue weighted by molar-refractivity contribution is 5.90. The molecular weight excluding hydrogens is 393 g/mol. The minimum atomic E-state index is -0.540. The van der Waals surface area contributed by atoms with Crippen LogP contribution < -0.4 is 15.1 Å². The minimum Gasteiger partial charge on any atom is -0.442 e. The number of fused-ring (bicyclic) bond motifs is 2. The first kappa shape index (κ1) is 19.6. The Hall–Kier alpha value is -2.39. The normalized spacial score (nSPS) is 31.6. The van der Waals surface area contributed by atoms with Gasteiger partial charge in [-0.15, -0.1) is 0 Å². The van der Waals surface area contributed by atoms with Crippen molar-refractivity contribution in [3.05, 3.63) is 24.0 Å². The topological polar surface area (TPSA) is 80.3 Å². The van der Waals surface area contributed by atoms with Crippen LogP contribution in [0.15, 0.2) is 18.2 Å². The van der Waals surface area contributed by atoms with Crippen LogP contribution in [0, 0.1) is 17.2 Å². The van der Waals surface area contributed by atoms with Crippen LogP contribution in [0.1, 0.15) is 20.3 Å². The summed E-state index contributed by atoms with van der Waals surface area (Å²) in [5, 5.41) is 2.63. The third-order valence-electron chi connectivity index (χ3n) is 6.81. The fraction of sp³-hybridized carbons (Fsp3) is 0.619. The van der Waals surface area contributed by atoms with Gasteiger partial charge in [-0.3, -0.25) is 9.69 Å². The smallest absolute Gasteiger partial charge is 0.414 e. The third-order valence-corrected chi connectivity index (χ3v) is 6.81. The van der Waals surface area contributed by atoms with E-state index in [-0.39, 0.29) is 36.1 Å². The van der Waals surface area contributed by atoms with Crippen molar-refractivity contribution in [2.24, 2.45) is 11.3 Å². The van der Waals surface area contributed by atoms with Crippen molar-refractivity contribution in [1.82, 2.24) is 5.32 Å². The van der Waals surface area contributed by atoms with Gasteiger partial charge in [0.2, 0.25) is 5.91 Å². The molecule has 3 atom stereocenters. The lowest BCUT2D eigenvalue weighted by Gasteiger charge is -2.65. The van der Waals surface area contributed by atoms with Crippen LogP contribution in [0.2, 0.25) is 0 Å². The Morgan fingerprint density at radius 1 is 1.30 bits per heavy atom. The van der Waals surface area contributed by atoms with E-state index in [1.165, 1.54) is 17.9 Å². The molecule has 1 aliphatic carbocycles. The predicted octanol–water partition coefficient (Wildman–Crippen LogP) is 1.88. The molecule has 0 aromatic heterocycles. The summed E-state index contributed by atoms with van der Waals surface area (Å²) in [4.78, 5) is 26.7. The molecule has 5 aliphatic rings. The molecule has 6 rings (SSSR count). The van der Waals surface area contributed by atoms with E-state index in [9.17, 15) is 9.59 Å². The minimum absolute atomic E-state index is 0.160. The van der Waals surface area contributed by atoms with Crippen molar-refractivity contribution in [2.75, 3.05) is 49.2 Å². The van der Waals surface area contributed by atoms with Crippen LogP contribution in [-0.2, 0) is 19.0 Å². The van der Waals surface area contributed by atoms with Gasteiger partial charge in [-0.25, -0.2) is 9.18 Å². The first-order chi connectivity index (χ1) is 14.3. The molecule has 2 unspecified atom stereocenters. The number of nitrogens with zero attached hydrogens (tertiary/aromatic N) is 2. The Labute approximate surface area is 174 Å².